The number of fused-ring (bicyclic) bond motifs is 2. The van der Waals surface area contributed by atoms with Gasteiger partial charge >= 0.3 is 0 Å². The van der Waals surface area contributed by atoms with E-state index in [4.69, 9.17) is 23.6 Å². The Labute approximate surface area is 204 Å². The number of thiazole rings is 1. The maximum absolute atomic E-state index is 6.20. The number of morpholine rings is 1. The molecule has 1 fully saturated rings. The second-order valence-corrected chi connectivity index (χ2v) is 9.33. The quantitative estimate of drug-likeness (QED) is 0.349. The Hall–Kier alpha value is -3.77. The van der Waals surface area contributed by atoms with Gasteiger partial charge in [-0.1, -0.05) is 0 Å². The molecule has 1 saturated heterocycles. The Morgan fingerprint density at radius 3 is 2.80 bits per heavy atom. The highest BCUT2D eigenvalue weighted by atomic mass is 32.1. The Morgan fingerprint density at radius 2 is 1.97 bits per heavy atom. The summed E-state index contributed by atoms with van der Waals surface area (Å²) in [5.41, 5.74) is 3.32. The second-order valence-electron chi connectivity index (χ2n) is 8.15. The third-order valence-electron chi connectivity index (χ3n) is 5.72. The number of aryl methyl sites for hydroxylation is 2. The highest BCUT2D eigenvalue weighted by Crippen LogP contribution is 2.35. The van der Waals surface area contributed by atoms with Gasteiger partial charge in [0.1, 0.15) is 18.1 Å². The molecule has 6 rings (SSSR count). The number of hydrogen-bond donors (Lipinski definition) is 0. The molecule has 11 nitrogen and oxygen atoms in total. The fraction of sp³-hybridized carbons (Fsp3) is 0.348. The zero-order chi connectivity index (χ0) is 23.9. The van der Waals surface area contributed by atoms with Gasteiger partial charge in [0, 0.05) is 30.1 Å². The van der Waals surface area contributed by atoms with Crippen molar-refractivity contribution >= 4 is 33.3 Å². The van der Waals surface area contributed by atoms with Crippen LogP contribution in [0.25, 0.3) is 28.5 Å². The average molecular weight is 494 g/mol. The third kappa shape index (κ3) is 4.15. The molecule has 0 atom stereocenters. The van der Waals surface area contributed by atoms with Crippen LogP contribution in [0.5, 0.6) is 11.5 Å². The second kappa shape index (κ2) is 8.78. The monoisotopic (exact) mass is 493 g/mol. The van der Waals surface area contributed by atoms with E-state index in [0.717, 1.165) is 47.7 Å². The van der Waals surface area contributed by atoms with E-state index in [1.165, 1.54) is 0 Å². The molecule has 1 aromatic carbocycles. The van der Waals surface area contributed by atoms with Gasteiger partial charge in [-0.2, -0.15) is 5.10 Å². The van der Waals surface area contributed by atoms with E-state index in [1.54, 1.807) is 47.5 Å². The van der Waals surface area contributed by atoms with Gasteiger partial charge in [0.25, 0.3) is 5.78 Å². The Bertz CT molecular complexity index is 1520. The lowest BCUT2D eigenvalue weighted by molar-refractivity contribution is 0.122. The molecule has 12 heteroatoms. The van der Waals surface area contributed by atoms with Crippen molar-refractivity contribution in [3.63, 3.8) is 0 Å². The fourth-order valence-electron chi connectivity index (χ4n) is 3.87. The molecule has 0 radical (unpaired) electrons. The number of anilines is 1. The van der Waals surface area contributed by atoms with E-state index in [1.807, 2.05) is 6.92 Å². The van der Waals surface area contributed by atoms with Crippen LogP contribution in [0.3, 0.4) is 0 Å². The van der Waals surface area contributed by atoms with Crippen LogP contribution >= 0.6 is 11.3 Å². The minimum atomic E-state index is 0.304. The van der Waals surface area contributed by atoms with Gasteiger partial charge in [0.2, 0.25) is 5.89 Å². The average Bonchev–Trinajstić information content (AvgIpc) is 3.59. The number of oxazole rings is 1. The van der Waals surface area contributed by atoms with Crippen LogP contribution < -0.4 is 14.4 Å². The van der Waals surface area contributed by atoms with Crippen molar-refractivity contribution in [2.75, 3.05) is 38.3 Å². The number of ether oxygens (including phenoxy) is 3. The first-order valence-electron chi connectivity index (χ1n) is 11.2. The first-order chi connectivity index (χ1) is 17.1. The van der Waals surface area contributed by atoms with E-state index >= 15 is 0 Å². The predicted molar refractivity (Wildman–Crippen MR) is 129 cm³/mol. The summed E-state index contributed by atoms with van der Waals surface area (Å²) >= 11 is 1.67. The lowest BCUT2D eigenvalue weighted by atomic mass is 10.3. The summed E-state index contributed by atoms with van der Waals surface area (Å²) in [5, 5.41) is 5.38. The van der Waals surface area contributed by atoms with Crippen molar-refractivity contribution in [1.29, 1.82) is 0 Å². The molecule has 4 aromatic heterocycles. The van der Waals surface area contributed by atoms with Crippen LogP contribution in [0.1, 0.15) is 16.3 Å². The van der Waals surface area contributed by atoms with Crippen molar-refractivity contribution in [3.8, 4) is 23.1 Å². The first kappa shape index (κ1) is 21.7. The molecule has 0 spiro atoms. The smallest absolute Gasteiger partial charge is 0.251 e. The molecular formula is C23H23N7O4S. The molecule has 180 valence electrons. The third-order valence-corrected chi connectivity index (χ3v) is 6.79. The molecular weight excluding hydrogens is 470 g/mol. The normalized spacial score (nSPS) is 14.2. The standard InChI is InChI=1S/C23H23N7O4S/c1-13-10-24-22-25-16(11-30(22)28-13)21-27-20-18(8-15(31-3)9-19(20)34-21)33-12-17-14(2)35-23(26-17)29-4-6-32-7-5-29/h8-11H,4-7,12H2,1-3H3. The van der Waals surface area contributed by atoms with Crippen LogP contribution in [-0.2, 0) is 11.3 Å². The number of benzene rings is 1. The van der Waals surface area contributed by atoms with Crippen LogP contribution in [0.4, 0.5) is 5.13 Å². The predicted octanol–water partition coefficient (Wildman–Crippen LogP) is 3.43. The Balaban J connectivity index is 1.30. The number of aromatic nitrogens is 6. The molecule has 0 N–H and O–H groups in total. The van der Waals surface area contributed by atoms with Crippen molar-refractivity contribution in [3.05, 3.63) is 40.8 Å². The first-order valence-corrected chi connectivity index (χ1v) is 12.0. The Kier molecular flexibility index (Phi) is 5.46. The SMILES string of the molecule is COc1cc(OCc2nc(N3CCOCC3)sc2C)c2nc(-c3cn4nc(C)cnc4n3)oc2c1. The molecule has 35 heavy (non-hydrogen) atoms. The molecule has 0 saturated carbocycles. The minimum absolute atomic E-state index is 0.304. The van der Waals surface area contributed by atoms with Crippen molar-refractivity contribution in [1.82, 2.24) is 29.5 Å². The molecule has 0 bridgehead atoms. The van der Waals surface area contributed by atoms with Gasteiger partial charge in [-0.05, 0) is 13.8 Å². The highest BCUT2D eigenvalue weighted by Gasteiger charge is 2.20. The molecule has 1 aliphatic rings. The lowest BCUT2D eigenvalue weighted by Crippen LogP contribution is -2.36. The van der Waals surface area contributed by atoms with E-state index < -0.39 is 0 Å². The maximum Gasteiger partial charge on any atom is 0.251 e. The molecule has 5 heterocycles. The van der Waals surface area contributed by atoms with Gasteiger partial charge in [-0.15, -0.1) is 11.3 Å². The van der Waals surface area contributed by atoms with E-state index in [2.05, 4.69) is 31.9 Å². The summed E-state index contributed by atoms with van der Waals surface area (Å²) in [4.78, 5) is 21.6. The topological polar surface area (TPSA) is 113 Å². The fourth-order valence-corrected chi connectivity index (χ4v) is 4.83. The summed E-state index contributed by atoms with van der Waals surface area (Å²) in [5.74, 6) is 1.97. The van der Waals surface area contributed by atoms with Gasteiger partial charge in [-0.25, -0.2) is 24.5 Å². The zero-order valence-corrected chi connectivity index (χ0v) is 20.3. The Morgan fingerprint density at radius 1 is 1.11 bits per heavy atom. The summed E-state index contributed by atoms with van der Waals surface area (Å²) in [6, 6.07) is 3.58. The molecule has 1 aliphatic heterocycles. The minimum Gasteiger partial charge on any atom is -0.496 e. The van der Waals surface area contributed by atoms with Gasteiger partial charge in [-0.3, -0.25) is 0 Å². The van der Waals surface area contributed by atoms with Crippen molar-refractivity contribution in [2.45, 2.75) is 20.5 Å². The van der Waals surface area contributed by atoms with Crippen molar-refractivity contribution < 1.29 is 18.6 Å². The molecule has 0 amide bonds. The molecule has 0 unspecified atom stereocenters. The number of methoxy groups -OCH3 is 1. The summed E-state index contributed by atoms with van der Waals surface area (Å²) in [6.07, 6.45) is 3.41. The number of hydrogen-bond acceptors (Lipinski definition) is 11. The zero-order valence-electron chi connectivity index (χ0n) is 19.5. The largest absolute Gasteiger partial charge is 0.496 e. The summed E-state index contributed by atoms with van der Waals surface area (Å²) in [7, 11) is 1.60. The lowest BCUT2D eigenvalue weighted by Gasteiger charge is -2.26. The highest BCUT2D eigenvalue weighted by molar-refractivity contribution is 7.15. The van der Waals surface area contributed by atoms with Gasteiger partial charge in [0.15, 0.2) is 22.0 Å². The van der Waals surface area contributed by atoms with Gasteiger partial charge < -0.3 is 23.5 Å². The van der Waals surface area contributed by atoms with Crippen molar-refractivity contribution in [2.24, 2.45) is 0 Å². The van der Waals surface area contributed by atoms with E-state index in [0.29, 0.717) is 46.6 Å². The number of imidazole rings is 1. The molecule has 0 aliphatic carbocycles. The van der Waals surface area contributed by atoms with Crippen LogP contribution in [0.15, 0.2) is 28.9 Å². The van der Waals surface area contributed by atoms with Crippen LogP contribution in [0, 0.1) is 13.8 Å². The van der Waals surface area contributed by atoms with Gasteiger partial charge in [0.05, 0.1) is 44.1 Å². The summed E-state index contributed by atoms with van der Waals surface area (Å²) < 4.78 is 24.7. The van der Waals surface area contributed by atoms with Crippen LogP contribution in [-0.4, -0.2) is 63.0 Å². The van der Waals surface area contributed by atoms with Crippen LogP contribution in [0.2, 0.25) is 0 Å². The molecule has 5 aromatic rings. The number of nitrogens with zero attached hydrogens (tertiary/aromatic N) is 7. The summed E-state index contributed by atoms with van der Waals surface area (Å²) in [6.45, 7) is 7.37. The maximum atomic E-state index is 6.20. The number of rotatable bonds is 6. The van der Waals surface area contributed by atoms with E-state index in [-0.39, 0.29) is 0 Å². The van der Waals surface area contributed by atoms with E-state index in [9.17, 15) is 0 Å².